The molecule has 12 heteroatoms. The van der Waals surface area contributed by atoms with Crippen LogP contribution in [0.1, 0.15) is 84.1 Å². The highest BCUT2D eigenvalue weighted by molar-refractivity contribution is 7.43. The van der Waals surface area contributed by atoms with Crippen LogP contribution in [0.5, 0.6) is 34.5 Å². The average Bonchev–Trinajstić information content (AvgIpc) is 0.881. The summed E-state index contributed by atoms with van der Waals surface area (Å²) >= 11 is 0. The topological polar surface area (TPSA) is 108 Å². The molecule has 0 fully saturated rings. The molecule has 0 N–H and O–H groups in total. The number of ether oxygens (including phenoxy) is 2. The first-order valence-electron chi connectivity index (χ1n) is 29.3. The summed E-state index contributed by atoms with van der Waals surface area (Å²) in [5.41, 5.74) is 8.66. The molecule has 0 bridgehead atoms. The maximum atomic E-state index is 14.4. The van der Waals surface area contributed by atoms with Crippen molar-refractivity contribution in [2.45, 2.75) is 78.1 Å². The van der Waals surface area contributed by atoms with E-state index in [0.29, 0.717) is 34.5 Å². The van der Waals surface area contributed by atoms with Crippen molar-refractivity contribution in [1.29, 1.82) is 0 Å². The van der Waals surface area contributed by atoms with Gasteiger partial charge >= 0.3 is 29.1 Å². The zero-order chi connectivity index (χ0) is 61.7. The molecule has 10 nitrogen and oxygen atoms in total. The Hall–Kier alpha value is -9.20. The molecule has 0 aromatic heterocycles. The summed E-state index contributed by atoms with van der Waals surface area (Å²) in [6, 6.07) is 84.0. The second-order valence-electron chi connectivity index (χ2n) is 23.4. The summed E-state index contributed by atoms with van der Waals surface area (Å²) in [4.78, 5) is 26.1. The summed E-state index contributed by atoms with van der Waals surface area (Å²) in [6.45, 7) is 15.9. The Balaban J connectivity index is 1.06. The van der Waals surface area contributed by atoms with Gasteiger partial charge in [0, 0.05) is 45.7 Å². The molecular weight excluding hydrogens is 1130 g/mol. The zero-order valence-corrected chi connectivity index (χ0v) is 52.6. The van der Waals surface area contributed by atoms with E-state index in [1.165, 1.54) is 6.92 Å². The lowest BCUT2D eigenvalue weighted by Gasteiger charge is -2.34. The molecule has 10 aromatic rings. The normalized spacial score (nSPS) is 11.6. The van der Waals surface area contributed by atoms with E-state index in [0.717, 1.165) is 66.8 Å². The van der Waals surface area contributed by atoms with Gasteiger partial charge in [-0.05, 0) is 80.6 Å². The van der Waals surface area contributed by atoms with E-state index in [4.69, 9.17) is 36.6 Å². The van der Waals surface area contributed by atoms with Crippen LogP contribution >= 0.6 is 17.2 Å². The fraction of sp³-hybridized carbons (Fsp3) is 0.184. The molecule has 10 rings (SSSR count). The summed E-state index contributed by atoms with van der Waals surface area (Å²) in [6.07, 6.45) is -0.0857. The molecule has 0 amide bonds. The van der Waals surface area contributed by atoms with Gasteiger partial charge in [0.1, 0.15) is 47.7 Å². The fourth-order valence-electron chi connectivity index (χ4n) is 10.3. The van der Waals surface area contributed by atoms with Gasteiger partial charge in [-0.3, -0.25) is 9.59 Å². The number of carbonyl (C=O) groups is 2. The van der Waals surface area contributed by atoms with Crippen LogP contribution in [0.2, 0.25) is 0 Å². The molecule has 10 aromatic carbocycles. The number of rotatable bonds is 23. The molecule has 0 spiro atoms. The van der Waals surface area contributed by atoms with E-state index >= 15 is 0 Å². The van der Waals surface area contributed by atoms with Gasteiger partial charge in [-0.1, -0.05) is 267 Å². The maximum absolute atomic E-state index is 14.4. The predicted molar refractivity (Wildman–Crippen MR) is 354 cm³/mol. The van der Waals surface area contributed by atoms with E-state index in [1.807, 2.05) is 250 Å². The smallest absolute Gasteiger partial charge is 0.462 e. The molecule has 0 saturated heterocycles. The van der Waals surface area contributed by atoms with Gasteiger partial charge in [0.15, 0.2) is 0 Å². The summed E-state index contributed by atoms with van der Waals surface area (Å²) in [5.74, 6) is 2.50. The van der Waals surface area contributed by atoms with Crippen molar-refractivity contribution >= 4 is 29.1 Å². The van der Waals surface area contributed by atoms with Crippen molar-refractivity contribution in [2.75, 3.05) is 13.2 Å². The minimum absolute atomic E-state index is 0.0737. The highest BCUT2D eigenvalue weighted by atomic mass is 31.2. The Morgan fingerprint density at radius 1 is 0.330 bits per heavy atom. The first kappa shape index (κ1) is 61.9. The molecule has 0 aliphatic rings. The number of esters is 2. The molecule has 88 heavy (non-hydrogen) atoms. The lowest BCUT2D eigenvalue weighted by molar-refractivity contribution is -0.151. The van der Waals surface area contributed by atoms with E-state index < -0.39 is 45.4 Å². The first-order chi connectivity index (χ1) is 42.5. The number of carbonyl (C=O) groups excluding carboxylic acids is 2. The maximum Gasteiger partial charge on any atom is 0.530 e. The molecule has 0 aliphatic carbocycles. The molecule has 0 atom stereocenters. The zero-order valence-electron chi connectivity index (χ0n) is 50.8. The number of para-hydroxylation sites is 4. The standard InChI is InChI=1S/C76H72O10P2/c1-54(77)79-49-50-80-73(78)53-76(8,59-45-47-71(65(51-59)74(2,3)4)85-87(81-67-41-25-21-37-61(67)55-29-13-9-14-30-55)82-68-42-26-22-38-62(68)56-31-15-10-16-32-56)60-46-48-72(66(52-60)75(5,6)7)86-88(83-69-43-27-23-39-63(69)57-33-17-11-18-34-57)84-70-44-28-24-40-64(70)58-35-19-12-20-36-58/h9-48,51-52H,49-50,53H2,1-8H3. The van der Waals surface area contributed by atoms with Crippen LogP contribution in [-0.4, -0.2) is 25.2 Å². The van der Waals surface area contributed by atoms with Crippen LogP contribution < -0.4 is 27.1 Å². The highest BCUT2D eigenvalue weighted by Crippen LogP contribution is 2.53. The predicted octanol–water partition coefficient (Wildman–Crippen LogP) is 20.3. The Morgan fingerprint density at radius 3 is 0.898 bits per heavy atom. The second-order valence-corrected chi connectivity index (χ2v) is 25.4. The third-order valence-corrected chi connectivity index (χ3v) is 17.0. The lowest BCUT2D eigenvalue weighted by Crippen LogP contribution is -2.30. The molecule has 446 valence electrons. The van der Waals surface area contributed by atoms with Crippen molar-refractivity contribution in [3.05, 3.63) is 277 Å². The van der Waals surface area contributed by atoms with Crippen molar-refractivity contribution in [3.8, 4) is 79.0 Å². The minimum atomic E-state index is -2.21. The SMILES string of the molecule is CC(=O)OCCOC(=O)CC(C)(c1ccc(OP(Oc2ccccc2-c2ccccc2)Oc2ccccc2-c2ccccc2)c(C(C)(C)C)c1)c1ccc(OP(Oc2ccccc2-c2ccccc2)Oc2ccccc2-c2ccccc2)c(C(C)(C)C)c1. The average molecular weight is 1210 g/mol. The quantitative estimate of drug-likeness (QED) is 0.0349. The first-order valence-corrected chi connectivity index (χ1v) is 31.5. The van der Waals surface area contributed by atoms with Gasteiger partial charge in [0.2, 0.25) is 0 Å². The highest BCUT2D eigenvalue weighted by Gasteiger charge is 2.38. The Kier molecular flexibility index (Phi) is 19.8. The summed E-state index contributed by atoms with van der Waals surface area (Å²) in [5, 5.41) is 0. The third kappa shape index (κ3) is 15.5. The number of hydrogen-bond donors (Lipinski definition) is 0. The van der Waals surface area contributed by atoms with Crippen molar-refractivity contribution < 1.29 is 46.2 Å². The summed E-state index contributed by atoms with van der Waals surface area (Å²) < 4.78 is 53.0. The van der Waals surface area contributed by atoms with Crippen molar-refractivity contribution in [1.82, 2.24) is 0 Å². The van der Waals surface area contributed by atoms with Crippen LogP contribution in [0.25, 0.3) is 44.5 Å². The van der Waals surface area contributed by atoms with E-state index in [1.54, 1.807) is 0 Å². The van der Waals surface area contributed by atoms with Crippen molar-refractivity contribution in [2.24, 2.45) is 0 Å². The van der Waals surface area contributed by atoms with Gasteiger partial charge < -0.3 is 36.6 Å². The van der Waals surface area contributed by atoms with Gasteiger partial charge in [-0.2, -0.15) is 0 Å². The molecule has 0 saturated carbocycles. The third-order valence-electron chi connectivity index (χ3n) is 14.9. The van der Waals surface area contributed by atoms with E-state index in [2.05, 4.69) is 53.7 Å². The minimum Gasteiger partial charge on any atom is -0.462 e. The van der Waals surface area contributed by atoms with Gasteiger partial charge in [0.25, 0.3) is 0 Å². The number of hydrogen-bond acceptors (Lipinski definition) is 10. The van der Waals surface area contributed by atoms with Crippen LogP contribution in [0.15, 0.2) is 255 Å². The van der Waals surface area contributed by atoms with Gasteiger partial charge in [-0.25, -0.2) is 0 Å². The second kappa shape index (κ2) is 28.1. The van der Waals surface area contributed by atoms with Crippen molar-refractivity contribution in [3.63, 3.8) is 0 Å². The molecule has 0 radical (unpaired) electrons. The van der Waals surface area contributed by atoms with Gasteiger partial charge in [0.05, 0.1) is 6.42 Å². The summed E-state index contributed by atoms with van der Waals surface area (Å²) in [7, 11) is -4.41. The van der Waals surface area contributed by atoms with E-state index in [-0.39, 0.29) is 19.6 Å². The van der Waals surface area contributed by atoms with Crippen LogP contribution in [0.3, 0.4) is 0 Å². The fourth-order valence-corrected chi connectivity index (χ4v) is 12.5. The molecule has 0 aliphatic heterocycles. The molecule has 0 unspecified atom stereocenters. The lowest BCUT2D eigenvalue weighted by atomic mass is 9.70. The Morgan fingerprint density at radius 2 is 0.602 bits per heavy atom. The number of benzene rings is 10. The van der Waals surface area contributed by atoms with E-state index in [9.17, 15) is 9.59 Å². The van der Waals surface area contributed by atoms with Gasteiger partial charge in [-0.15, -0.1) is 0 Å². The Labute approximate surface area is 520 Å². The van der Waals surface area contributed by atoms with Crippen LogP contribution in [0, 0.1) is 0 Å². The Bertz CT molecular complexity index is 3550. The largest absolute Gasteiger partial charge is 0.530 e. The monoisotopic (exact) mass is 1210 g/mol. The molecule has 0 heterocycles. The van der Waals surface area contributed by atoms with Crippen LogP contribution in [0.4, 0.5) is 0 Å². The molecular formula is C76H72O10P2. The van der Waals surface area contributed by atoms with Crippen LogP contribution in [-0.2, 0) is 35.3 Å².